The molecule has 6 nitrogen and oxygen atoms in total. The summed E-state index contributed by atoms with van der Waals surface area (Å²) in [5.74, 6) is -0.950. The van der Waals surface area contributed by atoms with E-state index in [-0.39, 0.29) is 37.5 Å². The van der Waals surface area contributed by atoms with Gasteiger partial charge in [-0.15, -0.1) is 0 Å². The van der Waals surface area contributed by atoms with Gasteiger partial charge in [0.1, 0.15) is 13.2 Å². The summed E-state index contributed by atoms with van der Waals surface area (Å²) in [6, 6.07) is 0. The first-order valence-electron chi connectivity index (χ1n) is 32.1. The minimum Gasteiger partial charge on any atom is -0.462 e. The lowest BCUT2D eigenvalue weighted by Crippen LogP contribution is -2.30. The monoisotopic (exact) mass is 1100 g/mol. The largest absolute Gasteiger partial charge is 0.462 e. The maximum Gasteiger partial charge on any atom is 0.306 e. The number of unbranched alkanes of at least 4 members (excludes halogenated alkanes) is 17. The van der Waals surface area contributed by atoms with Crippen LogP contribution >= 0.6 is 0 Å². The predicted molar refractivity (Wildman–Crippen MR) is 348 cm³/mol. The van der Waals surface area contributed by atoms with Gasteiger partial charge in [-0.1, -0.05) is 274 Å². The molecule has 0 N–H and O–H groups in total. The van der Waals surface area contributed by atoms with Crippen LogP contribution in [-0.2, 0) is 28.6 Å². The molecule has 448 valence electrons. The normalized spacial score (nSPS) is 13.3. The van der Waals surface area contributed by atoms with Crippen molar-refractivity contribution in [2.45, 2.75) is 264 Å². The average molecular weight is 1100 g/mol. The molecule has 0 bridgehead atoms. The Labute approximate surface area is 492 Å². The van der Waals surface area contributed by atoms with Crippen LogP contribution in [0.25, 0.3) is 0 Å². The highest BCUT2D eigenvalue weighted by Gasteiger charge is 2.19. The van der Waals surface area contributed by atoms with Crippen LogP contribution in [-0.4, -0.2) is 37.2 Å². The molecule has 1 atom stereocenters. The lowest BCUT2D eigenvalue weighted by atomic mass is 10.1. The molecule has 0 heterocycles. The smallest absolute Gasteiger partial charge is 0.306 e. The van der Waals surface area contributed by atoms with Gasteiger partial charge in [-0.3, -0.25) is 14.4 Å². The Bertz CT molecular complexity index is 1840. The molecule has 0 rings (SSSR count). The van der Waals surface area contributed by atoms with Crippen molar-refractivity contribution in [3.05, 3.63) is 170 Å². The Morgan fingerprint density at radius 3 is 0.762 bits per heavy atom. The molecule has 0 aromatic carbocycles. The highest BCUT2D eigenvalue weighted by molar-refractivity contribution is 5.71. The Balaban J connectivity index is 4.31. The SMILES string of the molecule is CC/C=C\C/C=C\C/C=C\C/C=C\C/C=C\C/C=C\C/C=C\C/C=C\CCCCCCCCC(=O)OCC(COC(=O)CCCCCCCCCC)OC(=O)CCCCCC/C=C\C/C=C\C/C=C\C/C=C\C/C=C\C/C=C\CC. The van der Waals surface area contributed by atoms with Crippen LogP contribution in [0, 0.1) is 0 Å². The fourth-order valence-corrected chi connectivity index (χ4v) is 8.23. The number of hydrogen-bond donors (Lipinski definition) is 0. The van der Waals surface area contributed by atoms with Gasteiger partial charge >= 0.3 is 17.9 Å². The third-order valence-corrected chi connectivity index (χ3v) is 13.0. The standard InChI is InChI=1S/C74H116O6/c1-4-7-10-13-16-19-21-23-25-27-29-31-33-34-35-36-37-38-39-40-42-43-45-47-49-51-53-55-58-61-64-67-73(76)79-70-71(69-78-72(75)66-63-60-57-18-15-12-9-6-3)80-74(77)68-65-62-59-56-54-52-50-48-46-44-41-32-30-28-26-24-22-20-17-14-11-8-5-2/h7-8,10-11,16-17,19-20,23-26,29-32,34-35,37-38,40,42,44-47,50,52,71H,4-6,9,12-15,18,21-22,27-28,33,36,39,41,43,48-49,51,53-70H2,1-3H3/b10-7-,11-8-,19-16-,20-17-,25-23-,26-24-,31-29-,32-30-,35-34-,38-37-,42-40-,46-44-,47-45-,52-50-. The Morgan fingerprint density at radius 2 is 0.487 bits per heavy atom. The summed E-state index contributed by atoms with van der Waals surface area (Å²) in [6.07, 6.45) is 98.0. The van der Waals surface area contributed by atoms with Gasteiger partial charge in [-0.25, -0.2) is 0 Å². The molecule has 1 unspecified atom stereocenters. The van der Waals surface area contributed by atoms with Crippen molar-refractivity contribution in [2.24, 2.45) is 0 Å². The van der Waals surface area contributed by atoms with E-state index < -0.39 is 6.10 Å². The molecule has 0 saturated carbocycles. The second kappa shape index (κ2) is 66.3. The zero-order valence-corrected chi connectivity index (χ0v) is 51.3. The van der Waals surface area contributed by atoms with E-state index in [0.717, 1.165) is 173 Å². The van der Waals surface area contributed by atoms with Crippen LogP contribution in [0.3, 0.4) is 0 Å². The number of hydrogen-bond acceptors (Lipinski definition) is 6. The van der Waals surface area contributed by atoms with Crippen molar-refractivity contribution in [1.82, 2.24) is 0 Å². The third kappa shape index (κ3) is 63.6. The van der Waals surface area contributed by atoms with E-state index in [4.69, 9.17) is 14.2 Å². The van der Waals surface area contributed by atoms with Gasteiger partial charge in [0, 0.05) is 19.3 Å². The first-order chi connectivity index (χ1) is 39.5. The van der Waals surface area contributed by atoms with Gasteiger partial charge in [0.2, 0.25) is 0 Å². The molecule has 0 saturated heterocycles. The minimum absolute atomic E-state index is 0.0994. The molecule has 0 fully saturated rings. The van der Waals surface area contributed by atoms with Crippen molar-refractivity contribution >= 4 is 17.9 Å². The molecular formula is C74H116O6. The van der Waals surface area contributed by atoms with E-state index in [0.29, 0.717) is 12.8 Å². The van der Waals surface area contributed by atoms with Gasteiger partial charge in [-0.2, -0.15) is 0 Å². The highest BCUT2D eigenvalue weighted by Crippen LogP contribution is 2.14. The van der Waals surface area contributed by atoms with Gasteiger partial charge < -0.3 is 14.2 Å². The van der Waals surface area contributed by atoms with Crippen molar-refractivity contribution < 1.29 is 28.6 Å². The van der Waals surface area contributed by atoms with Crippen LogP contribution < -0.4 is 0 Å². The van der Waals surface area contributed by atoms with Gasteiger partial charge in [0.05, 0.1) is 0 Å². The van der Waals surface area contributed by atoms with E-state index >= 15 is 0 Å². The first kappa shape index (κ1) is 74.8. The summed E-state index contributed by atoms with van der Waals surface area (Å²) >= 11 is 0. The number of rotatable bonds is 56. The molecule has 6 heteroatoms. The van der Waals surface area contributed by atoms with Crippen LogP contribution in [0.5, 0.6) is 0 Å². The summed E-state index contributed by atoms with van der Waals surface area (Å²) in [7, 11) is 0. The lowest BCUT2D eigenvalue weighted by molar-refractivity contribution is -0.167. The van der Waals surface area contributed by atoms with E-state index in [1.807, 2.05) is 0 Å². The van der Waals surface area contributed by atoms with Gasteiger partial charge in [0.25, 0.3) is 0 Å². The van der Waals surface area contributed by atoms with E-state index in [9.17, 15) is 14.4 Å². The van der Waals surface area contributed by atoms with Crippen molar-refractivity contribution in [2.75, 3.05) is 13.2 Å². The molecular weight excluding hydrogens is 985 g/mol. The van der Waals surface area contributed by atoms with Crippen LogP contribution in [0.15, 0.2) is 170 Å². The topological polar surface area (TPSA) is 78.9 Å². The maximum atomic E-state index is 12.9. The van der Waals surface area contributed by atoms with Gasteiger partial charge in [0.15, 0.2) is 6.10 Å². The quantitative estimate of drug-likeness (QED) is 0.0261. The molecule has 0 aliphatic rings. The average Bonchev–Trinajstić information content (AvgIpc) is 3.46. The summed E-state index contributed by atoms with van der Waals surface area (Å²) in [6.45, 7) is 6.34. The maximum absolute atomic E-state index is 12.9. The van der Waals surface area contributed by atoms with E-state index in [1.165, 1.54) is 44.9 Å². The molecule has 0 amide bonds. The van der Waals surface area contributed by atoms with E-state index in [2.05, 4.69) is 191 Å². The molecule has 0 aromatic rings. The minimum atomic E-state index is -0.805. The Kier molecular flexibility index (Phi) is 61.9. The molecule has 0 aromatic heterocycles. The van der Waals surface area contributed by atoms with E-state index in [1.54, 1.807) is 0 Å². The molecule has 0 spiro atoms. The zero-order chi connectivity index (χ0) is 57.8. The van der Waals surface area contributed by atoms with Crippen LogP contribution in [0.4, 0.5) is 0 Å². The summed E-state index contributed by atoms with van der Waals surface area (Å²) in [5.41, 5.74) is 0. The summed E-state index contributed by atoms with van der Waals surface area (Å²) in [4.78, 5) is 38.1. The molecule has 80 heavy (non-hydrogen) atoms. The fourth-order valence-electron chi connectivity index (χ4n) is 8.23. The van der Waals surface area contributed by atoms with Crippen LogP contribution in [0.1, 0.15) is 258 Å². The Hall–Kier alpha value is -5.23. The summed E-state index contributed by atoms with van der Waals surface area (Å²) < 4.78 is 16.8. The highest BCUT2D eigenvalue weighted by atomic mass is 16.6. The van der Waals surface area contributed by atoms with Crippen molar-refractivity contribution in [3.63, 3.8) is 0 Å². The number of carbonyl (C=O) groups excluding carboxylic acids is 3. The zero-order valence-electron chi connectivity index (χ0n) is 51.3. The fraction of sp³-hybridized carbons (Fsp3) is 0.581. The number of carbonyl (C=O) groups is 3. The Morgan fingerprint density at radius 1 is 0.263 bits per heavy atom. The van der Waals surface area contributed by atoms with Crippen molar-refractivity contribution in [3.8, 4) is 0 Å². The molecule has 0 radical (unpaired) electrons. The second-order valence-corrected chi connectivity index (χ2v) is 20.6. The molecule has 0 aliphatic heterocycles. The third-order valence-electron chi connectivity index (χ3n) is 13.0. The lowest BCUT2D eigenvalue weighted by Gasteiger charge is -2.18. The van der Waals surface area contributed by atoms with Crippen molar-refractivity contribution in [1.29, 1.82) is 0 Å². The molecule has 0 aliphatic carbocycles. The number of esters is 3. The van der Waals surface area contributed by atoms with Crippen LogP contribution in [0.2, 0.25) is 0 Å². The predicted octanol–water partition coefficient (Wildman–Crippen LogP) is 22.3. The summed E-state index contributed by atoms with van der Waals surface area (Å²) in [5, 5.41) is 0. The number of ether oxygens (including phenoxy) is 3. The van der Waals surface area contributed by atoms with Gasteiger partial charge in [-0.05, 0) is 135 Å². The second-order valence-electron chi connectivity index (χ2n) is 20.6. The first-order valence-corrected chi connectivity index (χ1v) is 32.1. The number of allylic oxidation sites excluding steroid dienone is 28.